The van der Waals surface area contributed by atoms with Gasteiger partial charge < -0.3 is 19.4 Å². The van der Waals surface area contributed by atoms with Crippen molar-refractivity contribution in [3.63, 3.8) is 0 Å². The van der Waals surface area contributed by atoms with Gasteiger partial charge in [-0.15, -0.1) is 10.2 Å². The lowest BCUT2D eigenvalue weighted by Crippen LogP contribution is -2.23. The summed E-state index contributed by atoms with van der Waals surface area (Å²) in [7, 11) is 1.61. The molecule has 0 fully saturated rings. The van der Waals surface area contributed by atoms with Gasteiger partial charge in [-0.05, 0) is 64.1 Å². The van der Waals surface area contributed by atoms with E-state index in [2.05, 4.69) is 15.5 Å². The first kappa shape index (κ1) is 25.0. The molecule has 3 aromatic rings. The molecule has 3 rings (SSSR count). The van der Waals surface area contributed by atoms with Crippen LogP contribution < -0.4 is 14.8 Å². The predicted molar refractivity (Wildman–Crippen MR) is 129 cm³/mol. The fourth-order valence-corrected chi connectivity index (χ4v) is 4.15. The van der Waals surface area contributed by atoms with Gasteiger partial charge >= 0.3 is 0 Å². The molecule has 0 aliphatic heterocycles. The Labute approximate surface area is 201 Å². The van der Waals surface area contributed by atoms with Crippen LogP contribution in [0.3, 0.4) is 0 Å². The van der Waals surface area contributed by atoms with Gasteiger partial charge in [-0.1, -0.05) is 11.8 Å². The highest BCUT2D eigenvalue weighted by molar-refractivity contribution is 8.00. The first-order valence-corrected chi connectivity index (χ1v) is 11.5. The summed E-state index contributed by atoms with van der Waals surface area (Å²) < 4.78 is 13.2. The Kier molecular flexibility index (Phi) is 8.11. The molecule has 0 bridgehead atoms. The molecule has 34 heavy (non-hydrogen) atoms. The lowest BCUT2D eigenvalue weighted by molar-refractivity contribution is -0.384. The Balaban J connectivity index is 1.70. The number of nitro groups is 1. The third-order valence-corrected chi connectivity index (χ3v) is 6.00. The number of benzene rings is 2. The number of methoxy groups -OCH3 is 1. The molecule has 1 amide bonds. The molecule has 0 saturated heterocycles. The van der Waals surface area contributed by atoms with Gasteiger partial charge in [0.1, 0.15) is 11.5 Å². The third kappa shape index (κ3) is 6.04. The maximum atomic E-state index is 12.7. The third-order valence-electron chi connectivity index (χ3n) is 4.94. The Morgan fingerprint density at radius 1 is 1.03 bits per heavy atom. The van der Waals surface area contributed by atoms with Crippen LogP contribution in [0.15, 0.2) is 53.7 Å². The van der Waals surface area contributed by atoms with E-state index in [0.717, 1.165) is 5.75 Å². The van der Waals surface area contributed by atoms with E-state index in [0.29, 0.717) is 22.4 Å². The molecule has 2 atom stereocenters. The van der Waals surface area contributed by atoms with Crippen molar-refractivity contribution in [3.8, 4) is 11.5 Å². The smallest absolute Gasteiger partial charge is 0.269 e. The number of hydrogen-bond donors (Lipinski definition) is 1. The topological polar surface area (TPSA) is 121 Å². The van der Waals surface area contributed by atoms with E-state index in [4.69, 9.17) is 9.47 Å². The van der Waals surface area contributed by atoms with Crippen LogP contribution in [0.5, 0.6) is 11.5 Å². The minimum atomic E-state index is -0.486. The molecule has 0 aliphatic rings. The molecular formula is C23H27N5O5S. The first-order valence-electron chi connectivity index (χ1n) is 10.7. The largest absolute Gasteiger partial charge is 0.497 e. The molecule has 1 N–H and O–H groups in total. The minimum Gasteiger partial charge on any atom is -0.497 e. The van der Waals surface area contributed by atoms with Crippen LogP contribution >= 0.6 is 11.8 Å². The molecule has 1 aromatic heterocycles. The molecule has 2 unspecified atom stereocenters. The summed E-state index contributed by atoms with van der Waals surface area (Å²) in [6.07, 6.45) is -0.373. The molecular weight excluding hydrogens is 458 g/mol. The Bertz CT molecular complexity index is 1130. The number of nitro benzene ring substituents is 1. The Morgan fingerprint density at radius 2 is 1.65 bits per heavy atom. The summed E-state index contributed by atoms with van der Waals surface area (Å²) in [5, 5.41) is 22.3. The van der Waals surface area contributed by atoms with E-state index in [1.807, 2.05) is 49.6 Å². The SMILES string of the molecule is COc1ccc(OC(C)c2nnc(SC(C)C(=O)Nc3ccc([N+](=O)[O-])cc3)n2C(C)C)cc1. The Morgan fingerprint density at radius 3 is 2.21 bits per heavy atom. The highest BCUT2D eigenvalue weighted by atomic mass is 32.2. The first-order chi connectivity index (χ1) is 16.2. The van der Waals surface area contributed by atoms with Gasteiger partial charge in [-0.25, -0.2) is 0 Å². The summed E-state index contributed by atoms with van der Waals surface area (Å²) in [5.41, 5.74) is 0.444. The van der Waals surface area contributed by atoms with E-state index in [9.17, 15) is 14.9 Å². The van der Waals surface area contributed by atoms with E-state index in [-0.39, 0.29) is 23.7 Å². The van der Waals surface area contributed by atoms with Gasteiger partial charge in [0.2, 0.25) is 5.91 Å². The lowest BCUT2D eigenvalue weighted by atomic mass is 10.3. The van der Waals surface area contributed by atoms with Gasteiger partial charge in [0.15, 0.2) is 17.1 Å². The maximum absolute atomic E-state index is 12.7. The summed E-state index contributed by atoms with van der Waals surface area (Å²) in [5.74, 6) is 1.82. The predicted octanol–water partition coefficient (Wildman–Crippen LogP) is 5.04. The number of non-ortho nitro benzene ring substituents is 1. The van der Waals surface area contributed by atoms with Gasteiger partial charge in [-0.3, -0.25) is 14.9 Å². The number of nitrogens with one attached hydrogen (secondary N) is 1. The molecule has 2 aromatic carbocycles. The van der Waals surface area contributed by atoms with E-state index >= 15 is 0 Å². The second-order valence-electron chi connectivity index (χ2n) is 7.79. The van der Waals surface area contributed by atoms with Gasteiger partial charge in [0, 0.05) is 23.9 Å². The normalized spacial score (nSPS) is 12.8. The van der Waals surface area contributed by atoms with Crippen LogP contribution in [-0.2, 0) is 4.79 Å². The quantitative estimate of drug-likeness (QED) is 0.241. The number of aromatic nitrogens is 3. The summed E-state index contributed by atoms with van der Waals surface area (Å²) >= 11 is 1.28. The van der Waals surface area contributed by atoms with Crippen molar-refractivity contribution >= 4 is 29.0 Å². The second-order valence-corrected chi connectivity index (χ2v) is 9.10. The van der Waals surface area contributed by atoms with Crippen LogP contribution in [-0.4, -0.2) is 38.0 Å². The molecule has 11 heteroatoms. The number of thioether (sulfide) groups is 1. The van der Waals surface area contributed by atoms with Crippen LogP contribution in [0.2, 0.25) is 0 Å². The van der Waals surface area contributed by atoms with Crippen molar-refractivity contribution < 1.29 is 19.2 Å². The van der Waals surface area contributed by atoms with Gasteiger partial charge in [-0.2, -0.15) is 0 Å². The van der Waals surface area contributed by atoms with Crippen LogP contribution in [0.25, 0.3) is 0 Å². The second kappa shape index (κ2) is 11.0. The minimum absolute atomic E-state index is 0.0380. The number of carbonyl (C=O) groups excluding carboxylic acids is 1. The van der Waals surface area contributed by atoms with Gasteiger partial charge in [0.05, 0.1) is 17.3 Å². The standard InChI is InChI=1S/C23H27N5O5S/c1-14(2)27-21(15(3)33-20-12-10-19(32-5)11-13-20)25-26-23(27)34-16(4)22(29)24-17-6-8-18(9-7-17)28(30)31/h6-16H,1-5H3,(H,24,29). The molecule has 0 saturated carbocycles. The average Bonchev–Trinajstić information content (AvgIpc) is 3.24. The lowest BCUT2D eigenvalue weighted by Gasteiger charge is -2.20. The van der Waals surface area contributed by atoms with E-state index in [1.54, 1.807) is 14.0 Å². The fraction of sp³-hybridized carbons (Fsp3) is 0.348. The average molecular weight is 486 g/mol. The molecule has 10 nitrogen and oxygen atoms in total. The number of nitrogens with zero attached hydrogens (tertiary/aromatic N) is 4. The highest BCUT2D eigenvalue weighted by Crippen LogP contribution is 2.30. The Hall–Kier alpha value is -3.60. The van der Waals surface area contributed by atoms with Crippen molar-refractivity contribution in [2.24, 2.45) is 0 Å². The molecule has 0 radical (unpaired) electrons. The number of rotatable bonds is 10. The summed E-state index contributed by atoms with van der Waals surface area (Å²) in [6.45, 7) is 7.69. The molecule has 1 heterocycles. The maximum Gasteiger partial charge on any atom is 0.269 e. The number of amides is 1. The van der Waals surface area contributed by atoms with Gasteiger partial charge in [0.25, 0.3) is 5.69 Å². The van der Waals surface area contributed by atoms with E-state index < -0.39 is 10.2 Å². The zero-order chi connectivity index (χ0) is 24.8. The molecule has 0 spiro atoms. The summed E-state index contributed by atoms with van der Waals surface area (Å²) in [6, 6.07) is 13.0. The van der Waals surface area contributed by atoms with E-state index in [1.165, 1.54) is 36.0 Å². The monoisotopic (exact) mass is 485 g/mol. The number of ether oxygens (including phenoxy) is 2. The van der Waals surface area contributed by atoms with Crippen molar-refractivity contribution in [1.82, 2.24) is 14.8 Å². The van der Waals surface area contributed by atoms with Crippen molar-refractivity contribution in [3.05, 3.63) is 64.5 Å². The number of carbonyl (C=O) groups is 1. The van der Waals surface area contributed by atoms with Crippen LogP contribution in [0.1, 0.15) is 45.7 Å². The summed E-state index contributed by atoms with van der Waals surface area (Å²) in [4.78, 5) is 23.0. The van der Waals surface area contributed by atoms with Crippen molar-refractivity contribution in [2.45, 2.75) is 50.2 Å². The molecule has 0 aliphatic carbocycles. The fourth-order valence-electron chi connectivity index (χ4n) is 3.16. The molecule has 180 valence electrons. The number of hydrogen-bond acceptors (Lipinski definition) is 8. The zero-order valence-electron chi connectivity index (χ0n) is 19.6. The van der Waals surface area contributed by atoms with Crippen molar-refractivity contribution in [2.75, 3.05) is 12.4 Å². The highest BCUT2D eigenvalue weighted by Gasteiger charge is 2.25. The van der Waals surface area contributed by atoms with Crippen LogP contribution in [0.4, 0.5) is 11.4 Å². The van der Waals surface area contributed by atoms with Crippen LogP contribution in [0, 0.1) is 10.1 Å². The van der Waals surface area contributed by atoms with Crippen molar-refractivity contribution in [1.29, 1.82) is 0 Å². The number of anilines is 1. The zero-order valence-corrected chi connectivity index (χ0v) is 20.4.